The number of hydrogen-bond acceptors (Lipinski definition) is 5. The maximum Gasteiger partial charge on any atom is 0.0964 e. The second kappa shape index (κ2) is 7.32. The zero-order valence-electron chi connectivity index (χ0n) is 9.63. The summed E-state index contributed by atoms with van der Waals surface area (Å²) in [4.78, 5) is 0. The van der Waals surface area contributed by atoms with Gasteiger partial charge < -0.3 is 15.5 Å². The molecule has 0 fully saturated rings. The molecule has 1 atom stereocenters. The first-order valence-corrected chi connectivity index (χ1v) is 5.61. The third kappa shape index (κ3) is 5.20. The van der Waals surface area contributed by atoms with E-state index in [1.54, 1.807) is 11.6 Å². The maximum absolute atomic E-state index is 9.06. The van der Waals surface area contributed by atoms with Gasteiger partial charge in [-0.2, -0.15) is 0 Å². The van der Waals surface area contributed by atoms with Crippen LogP contribution in [0.2, 0.25) is 0 Å². The third-order valence-electron chi connectivity index (χ3n) is 2.18. The Balaban J connectivity index is 2.19. The van der Waals surface area contributed by atoms with Crippen LogP contribution in [0.1, 0.15) is 25.5 Å². The molecule has 16 heavy (non-hydrogen) atoms. The fourth-order valence-corrected chi connectivity index (χ4v) is 1.29. The molecule has 1 rings (SSSR count). The molecule has 0 aliphatic heterocycles. The minimum Gasteiger partial charge on any atom is -0.396 e. The number of aliphatic hydroxyl groups excluding tert-OH is 2. The monoisotopic (exact) mass is 228 g/mol. The van der Waals surface area contributed by atoms with Crippen molar-refractivity contribution >= 4 is 0 Å². The van der Waals surface area contributed by atoms with Crippen LogP contribution in [-0.2, 0) is 13.1 Å². The molecule has 0 aromatic carbocycles. The van der Waals surface area contributed by atoms with Crippen LogP contribution < -0.4 is 5.32 Å². The molecule has 6 heteroatoms. The lowest BCUT2D eigenvalue weighted by Gasteiger charge is -2.03. The Kier molecular flexibility index (Phi) is 5.99. The first kappa shape index (κ1) is 13.1. The molecule has 0 amide bonds. The Hall–Kier alpha value is -0.980. The number of nitrogens with zero attached hydrogens (tertiary/aromatic N) is 3. The highest BCUT2D eigenvalue weighted by molar-refractivity contribution is 4.91. The highest BCUT2D eigenvalue weighted by Crippen LogP contribution is 1.95. The van der Waals surface area contributed by atoms with Crippen molar-refractivity contribution in [2.45, 2.75) is 39.0 Å². The van der Waals surface area contributed by atoms with Crippen LogP contribution in [0, 0.1) is 0 Å². The summed E-state index contributed by atoms with van der Waals surface area (Å²) in [5.74, 6) is 0. The van der Waals surface area contributed by atoms with E-state index in [0.717, 1.165) is 18.7 Å². The highest BCUT2D eigenvalue weighted by atomic mass is 16.3. The van der Waals surface area contributed by atoms with E-state index in [9.17, 15) is 0 Å². The average molecular weight is 228 g/mol. The van der Waals surface area contributed by atoms with Crippen LogP contribution in [0.15, 0.2) is 6.20 Å². The van der Waals surface area contributed by atoms with Gasteiger partial charge >= 0.3 is 0 Å². The van der Waals surface area contributed by atoms with Gasteiger partial charge in [0.15, 0.2) is 0 Å². The largest absolute Gasteiger partial charge is 0.396 e. The summed E-state index contributed by atoms with van der Waals surface area (Å²) in [7, 11) is 0. The molecule has 1 aromatic rings. The van der Waals surface area contributed by atoms with E-state index < -0.39 is 0 Å². The van der Waals surface area contributed by atoms with E-state index in [2.05, 4.69) is 15.6 Å². The molecule has 0 saturated carbocycles. The van der Waals surface area contributed by atoms with Crippen molar-refractivity contribution in [3.63, 3.8) is 0 Å². The van der Waals surface area contributed by atoms with E-state index in [1.807, 2.05) is 6.20 Å². The number of aromatic nitrogens is 3. The molecule has 0 aliphatic rings. The molecular weight excluding hydrogens is 208 g/mol. The van der Waals surface area contributed by atoms with E-state index in [0.29, 0.717) is 19.5 Å². The molecule has 1 aromatic heterocycles. The Bertz CT molecular complexity index is 288. The van der Waals surface area contributed by atoms with Gasteiger partial charge in [0.2, 0.25) is 0 Å². The van der Waals surface area contributed by atoms with Crippen molar-refractivity contribution in [2.24, 2.45) is 0 Å². The molecule has 1 unspecified atom stereocenters. The normalized spacial score (nSPS) is 12.9. The molecule has 92 valence electrons. The Labute approximate surface area is 95.3 Å². The number of hydrogen-bond donors (Lipinski definition) is 3. The van der Waals surface area contributed by atoms with Crippen molar-refractivity contribution < 1.29 is 10.2 Å². The Morgan fingerprint density at radius 1 is 1.56 bits per heavy atom. The fourth-order valence-electron chi connectivity index (χ4n) is 1.29. The van der Waals surface area contributed by atoms with Gasteiger partial charge in [-0.15, -0.1) is 5.10 Å². The summed E-state index contributed by atoms with van der Waals surface area (Å²) in [6.45, 7) is 4.05. The van der Waals surface area contributed by atoms with Gasteiger partial charge in [0.25, 0.3) is 0 Å². The molecule has 3 N–H and O–H groups in total. The number of aliphatic hydroxyl groups is 2. The van der Waals surface area contributed by atoms with Crippen molar-refractivity contribution in [3.8, 4) is 0 Å². The van der Waals surface area contributed by atoms with Crippen molar-refractivity contribution in [1.82, 2.24) is 20.3 Å². The van der Waals surface area contributed by atoms with Crippen molar-refractivity contribution in [3.05, 3.63) is 11.9 Å². The Morgan fingerprint density at radius 3 is 3.06 bits per heavy atom. The molecule has 0 aliphatic carbocycles. The van der Waals surface area contributed by atoms with Gasteiger partial charge in [-0.1, -0.05) is 5.21 Å². The molecule has 6 nitrogen and oxygen atoms in total. The third-order valence-corrected chi connectivity index (χ3v) is 2.18. The maximum atomic E-state index is 9.06. The number of nitrogens with one attached hydrogen (secondary N) is 1. The van der Waals surface area contributed by atoms with Crippen molar-refractivity contribution in [1.29, 1.82) is 0 Å². The second-order valence-electron chi connectivity index (χ2n) is 3.86. The smallest absolute Gasteiger partial charge is 0.0964 e. The minimum absolute atomic E-state index is 0.168. The molecule has 0 spiro atoms. The first-order chi connectivity index (χ1) is 7.72. The molecule has 0 radical (unpaired) electrons. The quantitative estimate of drug-likeness (QED) is 0.523. The average Bonchev–Trinajstić information content (AvgIpc) is 2.69. The van der Waals surface area contributed by atoms with Gasteiger partial charge in [0.05, 0.1) is 11.8 Å². The number of rotatable bonds is 8. The predicted octanol–water partition coefficient (Wildman–Crippen LogP) is -0.479. The Morgan fingerprint density at radius 2 is 2.38 bits per heavy atom. The van der Waals surface area contributed by atoms with Gasteiger partial charge in [0.1, 0.15) is 0 Å². The van der Waals surface area contributed by atoms with Gasteiger partial charge in [-0.25, -0.2) is 0 Å². The van der Waals surface area contributed by atoms with Crippen LogP contribution in [0.25, 0.3) is 0 Å². The zero-order chi connectivity index (χ0) is 11.8. The lowest BCUT2D eigenvalue weighted by Crippen LogP contribution is -2.18. The van der Waals surface area contributed by atoms with E-state index >= 15 is 0 Å². The van der Waals surface area contributed by atoms with E-state index in [4.69, 9.17) is 10.2 Å². The van der Waals surface area contributed by atoms with Crippen LogP contribution in [0.4, 0.5) is 0 Å². The number of aryl methyl sites for hydroxylation is 1. The standard InChI is InChI=1S/C10H20N4O2/c1-9(16)3-4-11-7-10-8-14(13-12-10)5-2-6-15/h8-9,11,15-16H,2-7H2,1H3. The van der Waals surface area contributed by atoms with Crippen LogP contribution in [0.3, 0.4) is 0 Å². The van der Waals surface area contributed by atoms with Crippen molar-refractivity contribution in [2.75, 3.05) is 13.2 Å². The first-order valence-electron chi connectivity index (χ1n) is 5.61. The minimum atomic E-state index is -0.271. The summed E-state index contributed by atoms with van der Waals surface area (Å²) in [6, 6.07) is 0. The summed E-state index contributed by atoms with van der Waals surface area (Å²) in [5.41, 5.74) is 0.878. The summed E-state index contributed by atoms with van der Waals surface area (Å²) in [5, 5.41) is 28.8. The van der Waals surface area contributed by atoms with Gasteiger partial charge in [0, 0.05) is 25.9 Å². The zero-order valence-corrected chi connectivity index (χ0v) is 9.63. The molecule has 0 bridgehead atoms. The SMILES string of the molecule is CC(O)CCNCc1cn(CCCO)nn1. The topological polar surface area (TPSA) is 83.2 Å². The molecular formula is C10H20N4O2. The molecule has 1 heterocycles. The summed E-state index contributed by atoms with van der Waals surface area (Å²) < 4.78 is 1.72. The summed E-state index contributed by atoms with van der Waals surface area (Å²) >= 11 is 0. The van der Waals surface area contributed by atoms with Crippen LogP contribution >= 0.6 is 0 Å². The highest BCUT2D eigenvalue weighted by Gasteiger charge is 2.00. The van der Waals surface area contributed by atoms with Gasteiger partial charge in [-0.3, -0.25) is 4.68 Å². The molecule has 0 saturated heterocycles. The predicted molar refractivity (Wildman–Crippen MR) is 59.7 cm³/mol. The van der Waals surface area contributed by atoms with E-state index in [-0.39, 0.29) is 12.7 Å². The van der Waals surface area contributed by atoms with Crippen LogP contribution in [0.5, 0.6) is 0 Å². The summed E-state index contributed by atoms with van der Waals surface area (Å²) in [6.07, 6.45) is 3.02. The van der Waals surface area contributed by atoms with Crippen LogP contribution in [-0.4, -0.2) is 44.5 Å². The second-order valence-corrected chi connectivity index (χ2v) is 3.86. The lowest BCUT2D eigenvalue weighted by atomic mass is 10.3. The van der Waals surface area contributed by atoms with Gasteiger partial charge in [-0.05, 0) is 26.3 Å². The fraction of sp³-hybridized carbons (Fsp3) is 0.800. The lowest BCUT2D eigenvalue weighted by molar-refractivity contribution is 0.183. The van der Waals surface area contributed by atoms with E-state index in [1.165, 1.54) is 0 Å².